The van der Waals surface area contributed by atoms with Gasteiger partial charge in [-0.1, -0.05) is 18.2 Å². The summed E-state index contributed by atoms with van der Waals surface area (Å²) in [5, 5.41) is 0. The van der Waals surface area contributed by atoms with Gasteiger partial charge in [-0.2, -0.15) is 0 Å². The van der Waals surface area contributed by atoms with Crippen molar-refractivity contribution < 1.29 is 4.74 Å². The van der Waals surface area contributed by atoms with Gasteiger partial charge in [-0.25, -0.2) is 0 Å². The van der Waals surface area contributed by atoms with Gasteiger partial charge >= 0.3 is 0 Å². The number of hydrogen-bond acceptors (Lipinski definition) is 2. The summed E-state index contributed by atoms with van der Waals surface area (Å²) in [6, 6.07) is 8.84. The highest BCUT2D eigenvalue weighted by atomic mass is 16.5. The van der Waals surface area contributed by atoms with Gasteiger partial charge < -0.3 is 10.5 Å². The van der Waals surface area contributed by atoms with E-state index in [4.69, 9.17) is 10.5 Å². The summed E-state index contributed by atoms with van der Waals surface area (Å²) < 4.78 is 5.67. The summed E-state index contributed by atoms with van der Waals surface area (Å²) in [4.78, 5) is 0. The molecule has 1 saturated carbocycles. The van der Waals surface area contributed by atoms with Gasteiger partial charge in [0.15, 0.2) is 0 Å². The smallest absolute Gasteiger partial charge is 0.122 e. The number of rotatable bonds is 2. The first-order valence-electron chi connectivity index (χ1n) is 5.82. The fourth-order valence-electron chi connectivity index (χ4n) is 2.68. The highest BCUT2D eigenvalue weighted by Crippen LogP contribution is 2.41. The largest absolute Gasteiger partial charge is 0.493 e. The van der Waals surface area contributed by atoms with Crippen molar-refractivity contribution in [3.8, 4) is 5.75 Å². The fourth-order valence-corrected chi connectivity index (χ4v) is 2.68. The summed E-state index contributed by atoms with van der Waals surface area (Å²) in [5.74, 6) is 2.39. The summed E-state index contributed by atoms with van der Waals surface area (Å²) in [7, 11) is 0. The molecule has 80 valence electrons. The predicted molar refractivity (Wildman–Crippen MR) is 60.0 cm³/mol. The molecule has 2 aliphatic rings. The number of para-hydroxylation sites is 1. The molecule has 1 aliphatic heterocycles. The van der Waals surface area contributed by atoms with Crippen LogP contribution in [0.2, 0.25) is 0 Å². The van der Waals surface area contributed by atoms with Crippen molar-refractivity contribution in [3.05, 3.63) is 29.8 Å². The maximum atomic E-state index is 5.98. The first-order chi connectivity index (χ1) is 7.34. The SMILES string of the molecule is NC1CCC1CC1COc2ccccc21. The maximum absolute atomic E-state index is 5.98. The van der Waals surface area contributed by atoms with Crippen molar-refractivity contribution in [2.45, 2.75) is 31.2 Å². The minimum absolute atomic E-state index is 0.442. The van der Waals surface area contributed by atoms with E-state index in [1.807, 2.05) is 6.07 Å². The summed E-state index contributed by atoms with van der Waals surface area (Å²) in [5.41, 5.74) is 7.37. The van der Waals surface area contributed by atoms with E-state index in [2.05, 4.69) is 18.2 Å². The average molecular weight is 203 g/mol. The number of fused-ring (bicyclic) bond motifs is 1. The fraction of sp³-hybridized carbons (Fsp3) is 0.538. The molecule has 3 unspecified atom stereocenters. The number of benzene rings is 1. The molecule has 0 saturated heterocycles. The molecule has 2 nitrogen and oxygen atoms in total. The Morgan fingerprint density at radius 3 is 2.87 bits per heavy atom. The Labute approximate surface area is 90.4 Å². The monoisotopic (exact) mass is 203 g/mol. The zero-order valence-electron chi connectivity index (χ0n) is 8.86. The van der Waals surface area contributed by atoms with Gasteiger partial charge in [-0.3, -0.25) is 0 Å². The van der Waals surface area contributed by atoms with Crippen LogP contribution in [0.4, 0.5) is 0 Å². The second kappa shape index (κ2) is 3.53. The second-order valence-electron chi connectivity index (χ2n) is 4.78. The topological polar surface area (TPSA) is 35.2 Å². The van der Waals surface area contributed by atoms with Crippen LogP contribution in [0.5, 0.6) is 5.75 Å². The molecular formula is C13H17NO. The first kappa shape index (κ1) is 9.22. The highest BCUT2D eigenvalue weighted by molar-refractivity contribution is 5.39. The lowest BCUT2D eigenvalue weighted by atomic mass is 9.74. The van der Waals surface area contributed by atoms with E-state index in [1.54, 1.807) is 0 Å². The van der Waals surface area contributed by atoms with Gasteiger partial charge in [0.2, 0.25) is 0 Å². The van der Waals surface area contributed by atoms with Crippen molar-refractivity contribution in [2.24, 2.45) is 11.7 Å². The molecule has 0 aromatic heterocycles. The van der Waals surface area contributed by atoms with Crippen molar-refractivity contribution in [2.75, 3.05) is 6.61 Å². The quantitative estimate of drug-likeness (QED) is 0.800. The molecule has 0 radical (unpaired) electrons. The van der Waals surface area contributed by atoms with Crippen LogP contribution in [0.3, 0.4) is 0 Å². The lowest BCUT2D eigenvalue weighted by molar-refractivity contribution is 0.211. The molecule has 1 aliphatic carbocycles. The van der Waals surface area contributed by atoms with Crippen LogP contribution in [0.25, 0.3) is 0 Å². The second-order valence-corrected chi connectivity index (χ2v) is 4.78. The van der Waals surface area contributed by atoms with Crippen LogP contribution in [-0.4, -0.2) is 12.6 Å². The van der Waals surface area contributed by atoms with Crippen molar-refractivity contribution in [1.29, 1.82) is 0 Å². The molecule has 2 N–H and O–H groups in total. The predicted octanol–water partition coefficient (Wildman–Crippen LogP) is 2.29. The minimum Gasteiger partial charge on any atom is -0.493 e. The van der Waals surface area contributed by atoms with Crippen LogP contribution < -0.4 is 10.5 Å². The molecule has 1 aromatic carbocycles. The molecule has 15 heavy (non-hydrogen) atoms. The van der Waals surface area contributed by atoms with E-state index in [-0.39, 0.29) is 0 Å². The lowest BCUT2D eigenvalue weighted by Gasteiger charge is -2.35. The Bertz CT molecular complexity index is 363. The van der Waals surface area contributed by atoms with Crippen LogP contribution in [-0.2, 0) is 0 Å². The van der Waals surface area contributed by atoms with Crippen molar-refractivity contribution >= 4 is 0 Å². The molecule has 3 rings (SSSR count). The van der Waals surface area contributed by atoms with Gasteiger partial charge in [0, 0.05) is 17.5 Å². The standard InChI is InChI=1S/C13H17NO/c14-12-6-5-9(12)7-10-8-15-13-4-2-1-3-11(10)13/h1-4,9-10,12H,5-8,14H2. The number of ether oxygens (including phenoxy) is 1. The van der Waals surface area contributed by atoms with Gasteiger partial charge in [-0.05, 0) is 31.2 Å². The molecule has 3 atom stereocenters. The Balaban J connectivity index is 1.74. The molecule has 0 amide bonds. The summed E-state index contributed by atoms with van der Waals surface area (Å²) in [6.45, 7) is 0.850. The van der Waals surface area contributed by atoms with Crippen LogP contribution in [0.1, 0.15) is 30.7 Å². The van der Waals surface area contributed by atoms with Gasteiger partial charge in [0.1, 0.15) is 5.75 Å². The van der Waals surface area contributed by atoms with Crippen molar-refractivity contribution in [3.63, 3.8) is 0 Å². The average Bonchev–Trinajstić information content (AvgIpc) is 2.67. The lowest BCUT2D eigenvalue weighted by Crippen LogP contribution is -2.40. The normalized spacial score (nSPS) is 33.0. The molecule has 1 fully saturated rings. The molecular weight excluding hydrogens is 186 g/mol. The van der Waals surface area contributed by atoms with Crippen LogP contribution in [0.15, 0.2) is 24.3 Å². The van der Waals surface area contributed by atoms with E-state index in [1.165, 1.54) is 24.8 Å². The molecule has 0 bridgehead atoms. The molecule has 1 heterocycles. The molecule has 2 heteroatoms. The van der Waals surface area contributed by atoms with Crippen LogP contribution >= 0.6 is 0 Å². The summed E-state index contributed by atoms with van der Waals surface area (Å²) >= 11 is 0. The molecule has 0 spiro atoms. The van der Waals surface area contributed by atoms with E-state index in [0.717, 1.165) is 18.3 Å². The molecule has 1 aromatic rings. The maximum Gasteiger partial charge on any atom is 0.122 e. The zero-order chi connectivity index (χ0) is 10.3. The van der Waals surface area contributed by atoms with Gasteiger partial charge in [0.25, 0.3) is 0 Å². The third-order valence-corrected chi connectivity index (χ3v) is 3.86. The number of nitrogens with two attached hydrogens (primary N) is 1. The van der Waals surface area contributed by atoms with E-state index in [9.17, 15) is 0 Å². The third-order valence-electron chi connectivity index (χ3n) is 3.86. The van der Waals surface area contributed by atoms with E-state index >= 15 is 0 Å². The van der Waals surface area contributed by atoms with Crippen molar-refractivity contribution in [1.82, 2.24) is 0 Å². The Kier molecular flexibility index (Phi) is 2.17. The Hall–Kier alpha value is -1.02. The first-order valence-corrected chi connectivity index (χ1v) is 5.82. The van der Waals surface area contributed by atoms with Crippen LogP contribution in [0, 0.1) is 5.92 Å². The minimum atomic E-state index is 0.442. The highest BCUT2D eigenvalue weighted by Gasteiger charge is 2.33. The third kappa shape index (κ3) is 1.53. The Morgan fingerprint density at radius 2 is 2.13 bits per heavy atom. The van der Waals surface area contributed by atoms with E-state index < -0.39 is 0 Å². The van der Waals surface area contributed by atoms with E-state index in [0.29, 0.717) is 12.0 Å². The summed E-state index contributed by atoms with van der Waals surface area (Å²) in [6.07, 6.45) is 3.72. The Morgan fingerprint density at radius 1 is 1.27 bits per heavy atom. The number of hydrogen-bond donors (Lipinski definition) is 1. The van der Waals surface area contributed by atoms with Gasteiger partial charge in [0.05, 0.1) is 6.61 Å². The zero-order valence-corrected chi connectivity index (χ0v) is 8.86. The van der Waals surface area contributed by atoms with Gasteiger partial charge in [-0.15, -0.1) is 0 Å².